The molecule has 0 aliphatic rings. The Kier molecular flexibility index (Phi) is 41.5. The van der Waals surface area contributed by atoms with E-state index in [9.17, 15) is 0 Å². The number of hydrogen-bond acceptors (Lipinski definition) is 25. The first-order valence-corrected chi connectivity index (χ1v) is 24.9. The molecule has 12 heterocycles. The summed E-state index contributed by atoms with van der Waals surface area (Å²) < 4.78 is 1.64. The molecule has 0 aliphatic carbocycles. The van der Waals surface area contributed by atoms with Crippen LogP contribution in [0, 0.1) is 76.2 Å². The molecule has 26 nitrogen and oxygen atoms in total. The third kappa shape index (κ3) is 47.9. The Bertz CT molecular complexity index is 2490. The van der Waals surface area contributed by atoms with Gasteiger partial charge in [0.2, 0.25) is 0 Å². The van der Waals surface area contributed by atoms with Crippen molar-refractivity contribution in [2.24, 2.45) is 7.05 Å². The smallest absolute Gasteiger partial charge is 0.147 e. The molecule has 12 aromatic heterocycles. The van der Waals surface area contributed by atoms with E-state index in [0.717, 1.165) is 51.4 Å². The van der Waals surface area contributed by atoms with Crippen LogP contribution in [0.3, 0.4) is 0 Å². The van der Waals surface area contributed by atoms with Gasteiger partial charge >= 0.3 is 0 Å². The van der Waals surface area contributed by atoms with Crippen LogP contribution < -0.4 is 0 Å². The van der Waals surface area contributed by atoms with Gasteiger partial charge in [0, 0.05) is 105 Å². The van der Waals surface area contributed by atoms with E-state index in [1.807, 2.05) is 143 Å². The van der Waals surface area contributed by atoms with Crippen LogP contribution in [0.4, 0.5) is 0 Å². The number of hydrogen-bond donors (Lipinski definition) is 0. The summed E-state index contributed by atoms with van der Waals surface area (Å²) in [5, 5.41) is 32.8. The van der Waals surface area contributed by atoms with Gasteiger partial charge in [-0.25, -0.2) is 59.8 Å². The quantitative estimate of drug-likeness (QED) is 0.139. The Balaban J connectivity index is 0.000000453. The molecule has 428 valence electrons. The molecular weight excluding hydrogens is 1050 g/mol. The molecule has 83 heavy (non-hydrogen) atoms. The summed E-state index contributed by atoms with van der Waals surface area (Å²) in [4.78, 5) is 60.8. The zero-order chi connectivity index (χ0) is 60.6. The molecule has 0 atom stereocenters. The van der Waals surface area contributed by atoms with Gasteiger partial charge in [-0.05, 0) is 142 Å². The van der Waals surface area contributed by atoms with Crippen LogP contribution in [0.5, 0.6) is 0 Å². The van der Waals surface area contributed by atoms with Crippen LogP contribution in [-0.2, 0) is 7.05 Å². The van der Waals surface area contributed by atoms with Crippen LogP contribution in [0.1, 0.15) is 62.8 Å². The zero-order valence-electron chi connectivity index (χ0n) is 48.8. The normalized spacial score (nSPS) is 8.72. The molecule has 12 rings (SSSR count). The minimum Gasteiger partial charge on any atom is -0.264 e. The van der Waals surface area contributed by atoms with Gasteiger partial charge in [-0.2, -0.15) is 35.7 Å². The van der Waals surface area contributed by atoms with Crippen molar-refractivity contribution in [1.29, 1.82) is 0 Å². The second kappa shape index (κ2) is 49.3. The van der Waals surface area contributed by atoms with Gasteiger partial charge < -0.3 is 0 Å². The lowest BCUT2D eigenvalue weighted by molar-refractivity contribution is 0.765. The van der Waals surface area contributed by atoms with Gasteiger partial charge in [0.25, 0.3) is 0 Å². The predicted octanol–water partition coefficient (Wildman–Crippen LogP) is 7.85. The van der Waals surface area contributed by atoms with Gasteiger partial charge in [0.05, 0.1) is 35.2 Å². The molecule has 12 aromatic rings. The molecule has 0 N–H and O–H groups in total. The van der Waals surface area contributed by atoms with Gasteiger partial charge in [-0.3, -0.25) is 24.6 Å². The molecule has 0 aromatic carbocycles. The number of aromatic nitrogens is 26. The third-order valence-corrected chi connectivity index (χ3v) is 8.19. The lowest BCUT2D eigenvalue weighted by Crippen LogP contribution is -1.85. The fourth-order valence-corrected chi connectivity index (χ4v) is 4.32. The van der Waals surface area contributed by atoms with Crippen molar-refractivity contribution in [1.82, 2.24) is 130 Å². The van der Waals surface area contributed by atoms with E-state index in [1.54, 1.807) is 117 Å². The van der Waals surface area contributed by atoms with Crippen LogP contribution in [0.15, 0.2) is 210 Å². The summed E-state index contributed by atoms with van der Waals surface area (Å²) in [5.74, 6) is 2.29. The van der Waals surface area contributed by atoms with Crippen molar-refractivity contribution in [3.63, 3.8) is 0 Å². The number of aryl methyl sites for hydroxylation is 12. The second-order valence-electron chi connectivity index (χ2n) is 15.8. The molecule has 0 radical (unpaired) electrons. The Morgan fingerprint density at radius 2 is 0.795 bits per heavy atom. The van der Waals surface area contributed by atoms with E-state index in [-0.39, 0.29) is 0 Å². The van der Waals surface area contributed by atoms with Crippen molar-refractivity contribution in [2.75, 3.05) is 0 Å². The molecule has 0 aliphatic heterocycles. The molecule has 0 spiro atoms. The first kappa shape index (κ1) is 70.0. The number of nitrogens with zero attached hydrogens (tertiary/aromatic N) is 26. The van der Waals surface area contributed by atoms with Gasteiger partial charge in [0.15, 0.2) is 0 Å². The van der Waals surface area contributed by atoms with E-state index >= 15 is 0 Å². The van der Waals surface area contributed by atoms with Gasteiger partial charge in [0.1, 0.15) is 61.8 Å². The van der Waals surface area contributed by atoms with E-state index in [4.69, 9.17) is 0 Å². The summed E-state index contributed by atoms with van der Waals surface area (Å²) in [6.07, 6.45) is 37.9. The molecule has 0 fully saturated rings. The fraction of sp³-hybridized carbons (Fsp3) is 0.211. The Hall–Kier alpha value is -11.0. The highest BCUT2D eigenvalue weighted by Gasteiger charge is 1.81. The van der Waals surface area contributed by atoms with Crippen LogP contribution in [0.2, 0.25) is 0 Å². The first-order chi connectivity index (χ1) is 40.2. The lowest BCUT2D eigenvalue weighted by atomic mass is 10.3. The summed E-state index contributed by atoms with van der Waals surface area (Å²) in [6.45, 7) is 20.9. The minimum absolute atomic E-state index is 0.711. The highest BCUT2D eigenvalue weighted by Crippen LogP contribution is 1.90. The third-order valence-electron chi connectivity index (χ3n) is 8.19. The molecule has 0 saturated heterocycles. The largest absolute Gasteiger partial charge is 0.264 e. The average molecular weight is 1120 g/mol. The van der Waals surface area contributed by atoms with Crippen LogP contribution in [-0.4, -0.2) is 130 Å². The summed E-state index contributed by atoms with van der Waals surface area (Å²) in [7, 11) is 1.83. The monoisotopic (exact) mass is 1120 g/mol. The molecular formula is C57H70N26. The maximum atomic E-state index is 3.98. The Morgan fingerprint density at radius 1 is 0.265 bits per heavy atom. The van der Waals surface area contributed by atoms with Gasteiger partial charge in [-0.1, -0.05) is 12.1 Å². The fourth-order valence-electron chi connectivity index (χ4n) is 4.32. The second-order valence-corrected chi connectivity index (χ2v) is 15.8. The van der Waals surface area contributed by atoms with Crippen LogP contribution >= 0.6 is 0 Å². The predicted molar refractivity (Wildman–Crippen MR) is 313 cm³/mol. The van der Waals surface area contributed by atoms with Crippen LogP contribution in [0.25, 0.3) is 0 Å². The van der Waals surface area contributed by atoms with Crippen molar-refractivity contribution >= 4 is 0 Å². The van der Waals surface area contributed by atoms with Crippen molar-refractivity contribution in [2.45, 2.75) is 76.2 Å². The summed E-state index contributed by atoms with van der Waals surface area (Å²) in [6, 6.07) is 21.0. The standard InChI is InChI=1S/2C6H7N.6C5H6N2.3C4H5N3.C3H5N3/c1-6-3-2-4-7-5-6;1-6-4-2-3-5-7-6;1-5-2-6-4-7-3-5;1-5-4-6-2-3-7-5;1-5-2-3-6-4-7-5;1-5-6-3-2-4-7-5;2*1-5-3-2-4-6-7-5;1-4-6-2-5-3-7-4;1-4-2-5-3-6-7-4;1-4-5-2-3-6-7-4;1-6-3-4-2-5-6/h2*2-5H,1H3;6*2-4H,1H3;3*2-3H,1H3;2-3H,1H3. The van der Waals surface area contributed by atoms with Gasteiger partial charge in [-0.15, -0.1) is 10.2 Å². The van der Waals surface area contributed by atoms with Crippen molar-refractivity contribution in [3.05, 3.63) is 273 Å². The Morgan fingerprint density at radius 3 is 1.05 bits per heavy atom. The van der Waals surface area contributed by atoms with E-state index in [1.165, 1.54) is 43.5 Å². The first-order valence-electron chi connectivity index (χ1n) is 24.9. The minimum atomic E-state index is 0.711. The highest BCUT2D eigenvalue weighted by atomic mass is 15.3. The summed E-state index contributed by atoms with van der Waals surface area (Å²) >= 11 is 0. The number of rotatable bonds is 0. The Labute approximate surface area is 484 Å². The van der Waals surface area contributed by atoms with E-state index in [0.29, 0.717) is 5.82 Å². The topological polar surface area (TPSA) is 327 Å². The molecule has 0 unspecified atom stereocenters. The maximum Gasteiger partial charge on any atom is 0.147 e. The highest BCUT2D eigenvalue weighted by molar-refractivity contribution is 5.05. The molecule has 0 saturated carbocycles. The van der Waals surface area contributed by atoms with Crippen molar-refractivity contribution < 1.29 is 0 Å². The lowest BCUT2D eigenvalue weighted by Gasteiger charge is -1.82. The molecule has 0 amide bonds. The molecule has 26 heteroatoms. The molecule has 0 bridgehead atoms. The SMILES string of the molecule is Cc1ccccn1.Cc1cccnc1.Cc1cccnn1.Cc1cccnn1.Cc1ccncn1.Cc1cnccn1.Cc1cncnc1.Cc1cncnn1.Cc1ncccn1.Cc1nccnn1.Cc1ncncn1.Cn1cncn1. The number of pyridine rings is 2. The van der Waals surface area contributed by atoms with E-state index < -0.39 is 0 Å². The zero-order valence-corrected chi connectivity index (χ0v) is 48.8. The maximum absolute atomic E-state index is 3.98. The average Bonchev–Trinajstić information content (AvgIpc) is 4.00. The van der Waals surface area contributed by atoms with E-state index in [2.05, 4.69) is 126 Å². The summed E-state index contributed by atoms with van der Waals surface area (Å²) in [5.41, 5.74) is 8.12. The van der Waals surface area contributed by atoms with Crippen molar-refractivity contribution in [3.8, 4) is 0 Å².